The molecule has 1 unspecified atom stereocenters. The Morgan fingerprint density at radius 2 is 1.65 bits per heavy atom. The maximum absolute atomic E-state index is 13.0. The van der Waals surface area contributed by atoms with Crippen molar-refractivity contribution in [1.82, 2.24) is 10.2 Å². The molecular weight excluding hydrogens is 332 g/mol. The van der Waals surface area contributed by atoms with Crippen molar-refractivity contribution < 1.29 is 19.4 Å². The minimum Gasteiger partial charge on any atom is -0.384 e. The Hall–Kier alpha value is -1.14. The predicted molar refractivity (Wildman–Crippen MR) is 96.4 cm³/mol. The van der Waals surface area contributed by atoms with E-state index in [1.807, 2.05) is 4.90 Å². The zero-order valence-corrected chi connectivity index (χ0v) is 16.3. The minimum absolute atomic E-state index is 0.185. The first kappa shape index (κ1) is 18.2. The van der Waals surface area contributed by atoms with Crippen LogP contribution >= 0.6 is 0 Å². The highest BCUT2D eigenvalue weighted by molar-refractivity contribution is 5.83. The third kappa shape index (κ3) is 2.52. The number of aliphatic hydroxyl groups excluding tert-OH is 1. The van der Waals surface area contributed by atoms with Gasteiger partial charge in [0.05, 0.1) is 16.7 Å². The third-order valence-corrected chi connectivity index (χ3v) is 7.49. The van der Waals surface area contributed by atoms with Crippen molar-refractivity contribution in [1.29, 1.82) is 0 Å². The monoisotopic (exact) mass is 364 g/mol. The van der Waals surface area contributed by atoms with Gasteiger partial charge >= 0.3 is 0 Å². The van der Waals surface area contributed by atoms with E-state index in [2.05, 4.69) is 19.2 Å². The standard InChI is InChI=1S/C20H32N2O4/c1-14(23)15(24)21-19-12-18(3,13-19)26-20(19)8-10-22(11-9-20)16(25)17(2)6-4-5-7-17/h14,23H,4-13H2,1-3H3,(H,21,24). The predicted octanol–water partition coefficient (Wildman–Crippen LogP) is 1.75. The summed E-state index contributed by atoms with van der Waals surface area (Å²) >= 11 is 0. The molecule has 0 radical (unpaired) electrons. The molecular formula is C20H32N2O4. The van der Waals surface area contributed by atoms with Gasteiger partial charge in [-0.05, 0) is 39.5 Å². The maximum Gasteiger partial charge on any atom is 0.249 e. The van der Waals surface area contributed by atoms with Crippen molar-refractivity contribution in [2.45, 2.75) is 95.0 Å². The largest absolute Gasteiger partial charge is 0.384 e. The number of nitrogens with one attached hydrogen (secondary N) is 1. The summed E-state index contributed by atoms with van der Waals surface area (Å²) in [5, 5.41) is 12.7. The van der Waals surface area contributed by atoms with Crippen molar-refractivity contribution in [3.63, 3.8) is 0 Å². The van der Waals surface area contributed by atoms with Gasteiger partial charge in [0.1, 0.15) is 6.10 Å². The van der Waals surface area contributed by atoms with Crippen LogP contribution in [0, 0.1) is 5.41 Å². The molecule has 2 amide bonds. The second-order valence-corrected chi connectivity index (χ2v) is 9.71. The lowest BCUT2D eigenvalue weighted by Crippen LogP contribution is -2.68. The molecule has 0 aromatic heterocycles. The van der Waals surface area contributed by atoms with Crippen LogP contribution < -0.4 is 5.32 Å². The first-order valence-electron chi connectivity index (χ1n) is 10.1. The highest BCUT2D eigenvalue weighted by Crippen LogP contribution is 2.63. The summed E-state index contributed by atoms with van der Waals surface area (Å²) in [5.41, 5.74) is -1.16. The minimum atomic E-state index is -1.02. The van der Waals surface area contributed by atoms with Crippen LogP contribution in [0.2, 0.25) is 0 Å². The quantitative estimate of drug-likeness (QED) is 0.800. The Labute approximate surface area is 155 Å². The van der Waals surface area contributed by atoms with Crippen LogP contribution in [0.3, 0.4) is 0 Å². The number of likely N-dealkylation sites (tertiary alicyclic amines) is 1. The third-order valence-electron chi connectivity index (χ3n) is 7.49. The summed E-state index contributed by atoms with van der Waals surface area (Å²) in [6, 6.07) is 0. The van der Waals surface area contributed by atoms with Crippen LogP contribution in [0.15, 0.2) is 0 Å². The normalized spacial score (nSPS) is 38.1. The van der Waals surface area contributed by atoms with Gasteiger partial charge in [-0.1, -0.05) is 19.8 Å². The first-order valence-corrected chi connectivity index (χ1v) is 10.1. The van der Waals surface area contributed by atoms with Gasteiger partial charge in [-0.2, -0.15) is 0 Å². The van der Waals surface area contributed by atoms with Crippen molar-refractivity contribution in [3.8, 4) is 0 Å². The first-order chi connectivity index (χ1) is 12.1. The molecule has 3 saturated heterocycles. The van der Waals surface area contributed by atoms with E-state index in [1.165, 1.54) is 6.92 Å². The summed E-state index contributed by atoms with van der Waals surface area (Å²) in [4.78, 5) is 27.2. The molecule has 3 aliphatic heterocycles. The molecule has 6 nitrogen and oxygen atoms in total. The van der Waals surface area contributed by atoms with Gasteiger partial charge < -0.3 is 20.1 Å². The molecule has 146 valence electrons. The molecule has 5 rings (SSSR count). The summed E-state index contributed by atoms with van der Waals surface area (Å²) in [6.45, 7) is 7.09. The topological polar surface area (TPSA) is 78.9 Å². The second kappa shape index (κ2) is 5.68. The Kier molecular flexibility index (Phi) is 3.98. The zero-order valence-electron chi connectivity index (χ0n) is 16.3. The molecule has 3 heterocycles. The van der Waals surface area contributed by atoms with Gasteiger partial charge in [0.2, 0.25) is 11.8 Å². The number of amides is 2. The van der Waals surface area contributed by atoms with Crippen molar-refractivity contribution in [2.75, 3.05) is 13.1 Å². The van der Waals surface area contributed by atoms with Crippen LogP contribution in [0.4, 0.5) is 0 Å². The molecule has 5 aliphatic rings. The van der Waals surface area contributed by atoms with Crippen molar-refractivity contribution >= 4 is 11.8 Å². The Morgan fingerprint density at radius 3 is 2.19 bits per heavy atom. The summed E-state index contributed by atoms with van der Waals surface area (Å²) in [5.74, 6) is -0.0302. The van der Waals surface area contributed by atoms with Crippen molar-refractivity contribution in [3.05, 3.63) is 0 Å². The number of rotatable bonds is 3. The van der Waals surface area contributed by atoms with E-state index in [4.69, 9.17) is 4.74 Å². The van der Waals surface area contributed by atoms with Gasteiger partial charge in [-0.3, -0.25) is 9.59 Å². The molecule has 2 N–H and O–H groups in total. The zero-order chi connectivity index (χ0) is 18.8. The summed E-state index contributed by atoms with van der Waals surface area (Å²) < 4.78 is 6.48. The molecule has 0 aromatic rings. The molecule has 1 atom stereocenters. The Bertz CT molecular complexity index is 609. The SMILES string of the molecule is CC(O)C(=O)NC12CC(C)(C1)OC21CCN(C(=O)C2(C)CCCC2)CC1. The Balaban J connectivity index is 1.47. The van der Waals surface area contributed by atoms with E-state index in [0.717, 1.165) is 51.4 Å². The van der Waals surface area contributed by atoms with Crippen LogP contribution in [-0.2, 0) is 14.3 Å². The van der Waals surface area contributed by atoms with Crippen LogP contribution in [0.25, 0.3) is 0 Å². The van der Waals surface area contributed by atoms with Crippen LogP contribution in [-0.4, -0.2) is 57.8 Å². The molecule has 2 saturated carbocycles. The fraction of sp³-hybridized carbons (Fsp3) is 0.900. The molecule has 26 heavy (non-hydrogen) atoms. The van der Waals surface area contributed by atoms with E-state index in [1.54, 1.807) is 0 Å². The van der Waals surface area contributed by atoms with E-state index in [0.29, 0.717) is 19.0 Å². The summed E-state index contributed by atoms with van der Waals surface area (Å²) in [7, 11) is 0. The van der Waals surface area contributed by atoms with Gasteiger partial charge in [0.15, 0.2) is 0 Å². The lowest BCUT2D eigenvalue weighted by molar-refractivity contribution is -0.148. The molecule has 5 fully saturated rings. The fourth-order valence-corrected chi connectivity index (χ4v) is 6.13. The number of carbonyl (C=O) groups is 2. The molecule has 6 heteroatoms. The highest BCUT2D eigenvalue weighted by Gasteiger charge is 2.74. The van der Waals surface area contributed by atoms with Gasteiger partial charge in [0.25, 0.3) is 0 Å². The number of piperidine rings is 1. The van der Waals surface area contributed by atoms with E-state index >= 15 is 0 Å². The Morgan fingerprint density at radius 1 is 1.08 bits per heavy atom. The highest BCUT2D eigenvalue weighted by atomic mass is 16.5. The second-order valence-electron chi connectivity index (χ2n) is 9.71. The number of carbonyl (C=O) groups excluding carboxylic acids is 2. The average molecular weight is 364 g/mol. The number of hydrogen-bond donors (Lipinski definition) is 2. The smallest absolute Gasteiger partial charge is 0.249 e. The van der Waals surface area contributed by atoms with E-state index in [-0.39, 0.29) is 22.5 Å². The number of aliphatic hydroxyl groups is 1. The van der Waals surface area contributed by atoms with Gasteiger partial charge in [0, 0.05) is 31.3 Å². The van der Waals surface area contributed by atoms with Gasteiger partial charge in [-0.25, -0.2) is 0 Å². The lowest BCUT2D eigenvalue weighted by Gasteiger charge is -2.51. The summed E-state index contributed by atoms with van der Waals surface area (Å²) in [6.07, 6.45) is 6.38. The molecule has 2 aliphatic carbocycles. The maximum atomic E-state index is 13.0. The lowest BCUT2D eigenvalue weighted by atomic mass is 9.60. The van der Waals surface area contributed by atoms with Crippen LogP contribution in [0.1, 0.15) is 72.1 Å². The molecule has 1 spiro atoms. The van der Waals surface area contributed by atoms with Crippen molar-refractivity contribution in [2.24, 2.45) is 5.41 Å². The number of ether oxygens (including phenoxy) is 1. The number of nitrogens with zero attached hydrogens (tertiary/aromatic N) is 1. The van der Waals surface area contributed by atoms with E-state index in [9.17, 15) is 14.7 Å². The number of hydrogen-bond acceptors (Lipinski definition) is 4. The average Bonchev–Trinajstić information content (AvgIpc) is 3.15. The fourth-order valence-electron chi connectivity index (χ4n) is 6.13. The van der Waals surface area contributed by atoms with Crippen LogP contribution in [0.5, 0.6) is 0 Å². The molecule has 0 aromatic carbocycles. The van der Waals surface area contributed by atoms with E-state index < -0.39 is 11.7 Å². The van der Waals surface area contributed by atoms with Gasteiger partial charge in [-0.15, -0.1) is 0 Å². The molecule has 2 bridgehead atoms.